The highest BCUT2D eigenvalue weighted by molar-refractivity contribution is 7.89. The van der Waals surface area contributed by atoms with Gasteiger partial charge in [0.25, 0.3) is 0 Å². The second-order valence-corrected chi connectivity index (χ2v) is 8.09. The number of methoxy groups -OCH3 is 1. The van der Waals surface area contributed by atoms with Crippen molar-refractivity contribution in [3.63, 3.8) is 0 Å². The average Bonchev–Trinajstić information content (AvgIpc) is 3.10. The van der Waals surface area contributed by atoms with Crippen LogP contribution in [0.25, 0.3) is 0 Å². The largest absolute Gasteiger partial charge is 0.383 e. The Morgan fingerprint density at radius 2 is 2.15 bits per heavy atom. The zero-order valence-electron chi connectivity index (χ0n) is 14.3. The van der Waals surface area contributed by atoms with Crippen LogP contribution in [0.15, 0.2) is 41.6 Å². The van der Waals surface area contributed by atoms with Crippen LogP contribution in [0.3, 0.4) is 0 Å². The van der Waals surface area contributed by atoms with Crippen molar-refractivity contribution >= 4 is 34.0 Å². The zero-order valence-corrected chi connectivity index (χ0v) is 16.7. The maximum atomic E-state index is 13.1. The number of hydrogen-bond acceptors (Lipinski definition) is 5. The molecule has 0 amide bonds. The van der Waals surface area contributed by atoms with Crippen molar-refractivity contribution in [3.05, 3.63) is 47.2 Å². The van der Waals surface area contributed by atoms with Gasteiger partial charge in [-0.25, -0.2) is 8.42 Å². The van der Waals surface area contributed by atoms with E-state index in [4.69, 9.17) is 16.3 Å². The van der Waals surface area contributed by atoms with Crippen molar-refractivity contribution in [1.29, 1.82) is 0 Å². The Kier molecular flexibility index (Phi) is 7.45. The lowest BCUT2D eigenvalue weighted by molar-refractivity contribution is 0.183. The highest BCUT2D eigenvalue weighted by Gasteiger charge is 2.36. The molecule has 0 saturated carbocycles. The van der Waals surface area contributed by atoms with Gasteiger partial charge in [0.15, 0.2) is 0 Å². The summed E-state index contributed by atoms with van der Waals surface area (Å²) in [6.07, 6.45) is 2.93. The first-order valence-electron chi connectivity index (χ1n) is 8.02. The van der Waals surface area contributed by atoms with Crippen LogP contribution in [-0.4, -0.2) is 55.9 Å². The quantitative estimate of drug-likeness (QED) is 0.772. The lowest BCUT2D eigenvalue weighted by atomic mass is 10.1. The number of nitrogens with zero attached hydrogens (tertiary/aromatic N) is 3. The minimum Gasteiger partial charge on any atom is -0.383 e. The maximum absolute atomic E-state index is 13.1. The standard InChI is InChI=1S/C16H21ClN4O3S.ClH/c1-24-9-8-20-12-13(10-19-20)25(22,23)21-7-6-18-11-16(21)14-4-2-3-5-15(14)17;/h2-5,10,12,16,18H,6-9,11H2,1H3;1H. The molecule has 1 atom stereocenters. The van der Waals surface area contributed by atoms with Gasteiger partial charge in [0.05, 0.1) is 25.4 Å². The summed E-state index contributed by atoms with van der Waals surface area (Å²) >= 11 is 6.30. The second kappa shape index (κ2) is 9.16. The van der Waals surface area contributed by atoms with Crippen LogP contribution in [0, 0.1) is 0 Å². The summed E-state index contributed by atoms with van der Waals surface area (Å²) < 4.78 is 34.4. The molecule has 1 aromatic carbocycles. The molecule has 0 aliphatic carbocycles. The predicted octanol–water partition coefficient (Wildman–Crippen LogP) is 1.94. The van der Waals surface area contributed by atoms with Crippen LogP contribution in [0.1, 0.15) is 11.6 Å². The van der Waals surface area contributed by atoms with Crippen LogP contribution in [0.2, 0.25) is 5.02 Å². The molecule has 7 nitrogen and oxygen atoms in total. The first-order valence-corrected chi connectivity index (χ1v) is 9.84. The van der Waals surface area contributed by atoms with E-state index in [0.29, 0.717) is 37.8 Å². The van der Waals surface area contributed by atoms with Crippen molar-refractivity contribution < 1.29 is 13.2 Å². The molecule has 1 N–H and O–H groups in total. The highest BCUT2D eigenvalue weighted by Crippen LogP contribution is 2.32. The lowest BCUT2D eigenvalue weighted by Crippen LogP contribution is -2.48. The smallest absolute Gasteiger partial charge is 0.246 e. The number of ether oxygens (including phenoxy) is 1. The third kappa shape index (κ3) is 4.39. The molecule has 1 saturated heterocycles. The van der Waals surface area contributed by atoms with E-state index in [0.717, 1.165) is 5.56 Å². The maximum Gasteiger partial charge on any atom is 0.246 e. The van der Waals surface area contributed by atoms with Gasteiger partial charge in [0, 0.05) is 38.0 Å². The van der Waals surface area contributed by atoms with Crippen molar-refractivity contribution in [2.75, 3.05) is 33.4 Å². The molecule has 0 spiro atoms. The summed E-state index contributed by atoms with van der Waals surface area (Å²) in [4.78, 5) is 0.183. The molecule has 1 aromatic heterocycles. The number of piperazine rings is 1. The summed E-state index contributed by atoms with van der Waals surface area (Å²) in [6.45, 7) is 2.46. The SMILES string of the molecule is COCCn1cc(S(=O)(=O)N2CCNCC2c2ccccc2Cl)cn1.Cl. The number of hydrogen-bond donors (Lipinski definition) is 1. The van der Waals surface area contributed by atoms with E-state index in [9.17, 15) is 8.42 Å². The molecule has 1 aliphatic rings. The Labute approximate surface area is 164 Å². The van der Waals surface area contributed by atoms with Gasteiger partial charge in [-0.1, -0.05) is 29.8 Å². The number of nitrogens with one attached hydrogen (secondary N) is 1. The molecule has 1 fully saturated rings. The van der Waals surface area contributed by atoms with Crippen LogP contribution in [0.5, 0.6) is 0 Å². The Bertz CT molecular complexity index is 828. The Morgan fingerprint density at radius 3 is 2.88 bits per heavy atom. The molecular formula is C16H22Cl2N4O3S. The van der Waals surface area contributed by atoms with Crippen LogP contribution < -0.4 is 5.32 Å². The van der Waals surface area contributed by atoms with Gasteiger partial charge >= 0.3 is 0 Å². The molecule has 1 unspecified atom stereocenters. The van der Waals surface area contributed by atoms with Gasteiger partial charge in [0.1, 0.15) is 4.90 Å². The first kappa shape index (κ1) is 21.1. The molecule has 2 aromatic rings. The number of halogens is 2. The van der Waals surface area contributed by atoms with Gasteiger partial charge < -0.3 is 10.1 Å². The fourth-order valence-electron chi connectivity index (χ4n) is 2.90. The lowest BCUT2D eigenvalue weighted by Gasteiger charge is -2.35. The number of sulfonamides is 1. The van der Waals surface area contributed by atoms with E-state index in [1.165, 1.54) is 10.5 Å². The first-order chi connectivity index (χ1) is 12.0. The van der Waals surface area contributed by atoms with Crippen LogP contribution >= 0.6 is 24.0 Å². The van der Waals surface area contributed by atoms with Crippen LogP contribution in [-0.2, 0) is 21.3 Å². The molecule has 2 heterocycles. The molecule has 0 radical (unpaired) electrons. The predicted molar refractivity (Wildman–Crippen MR) is 102 cm³/mol. The van der Waals surface area contributed by atoms with E-state index < -0.39 is 10.0 Å². The number of aromatic nitrogens is 2. The minimum atomic E-state index is -3.67. The third-order valence-electron chi connectivity index (χ3n) is 4.20. The van der Waals surface area contributed by atoms with E-state index in [1.54, 1.807) is 24.1 Å². The highest BCUT2D eigenvalue weighted by atomic mass is 35.5. The summed E-state index contributed by atoms with van der Waals surface area (Å²) in [5, 5.41) is 7.93. The molecular weight excluding hydrogens is 399 g/mol. The van der Waals surface area contributed by atoms with E-state index >= 15 is 0 Å². The van der Waals surface area contributed by atoms with Crippen molar-refractivity contribution in [2.24, 2.45) is 0 Å². The minimum absolute atomic E-state index is 0. The van der Waals surface area contributed by atoms with Gasteiger partial charge in [-0.3, -0.25) is 4.68 Å². The fourth-order valence-corrected chi connectivity index (χ4v) is 4.73. The van der Waals surface area contributed by atoms with Crippen molar-refractivity contribution in [1.82, 2.24) is 19.4 Å². The molecule has 0 bridgehead atoms. The van der Waals surface area contributed by atoms with Crippen LogP contribution in [0.4, 0.5) is 0 Å². The second-order valence-electron chi connectivity index (χ2n) is 5.79. The van der Waals surface area contributed by atoms with Gasteiger partial charge in [-0.05, 0) is 11.6 Å². The van der Waals surface area contributed by atoms with Crippen molar-refractivity contribution in [3.8, 4) is 0 Å². The fraction of sp³-hybridized carbons (Fsp3) is 0.438. The van der Waals surface area contributed by atoms with Gasteiger partial charge in [-0.15, -0.1) is 12.4 Å². The van der Waals surface area contributed by atoms with E-state index in [2.05, 4.69) is 10.4 Å². The molecule has 26 heavy (non-hydrogen) atoms. The molecule has 1 aliphatic heterocycles. The molecule has 144 valence electrons. The summed E-state index contributed by atoms with van der Waals surface area (Å²) in [5.41, 5.74) is 0.798. The normalized spacial score (nSPS) is 18.5. The third-order valence-corrected chi connectivity index (χ3v) is 6.40. The summed E-state index contributed by atoms with van der Waals surface area (Å²) in [5.74, 6) is 0. The topological polar surface area (TPSA) is 76.5 Å². The molecule has 3 rings (SSSR count). The Morgan fingerprint density at radius 1 is 1.38 bits per heavy atom. The Hall–Kier alpha value is -1.16. The zero-order chi connectivity index (χ0) is 17.9. The average molecular weight is 421 g/mol. The van der Waals surface area contributed by atoms with Gasteiger partial charge in [0.2, 0.25) is 10.0 Å². The molecule has 10 heteroatoms. The summed E-state index contributed by atoms with van der Waals surface area (Å²) in [6, 6.07) is 6.99. The monoisotopic (exact) mass is 420 g/mol. The number of benzene rings is 1. The van der Waals surface area contributed by atoms with E-state index in [1.807, 2.05) is 18.2 Å². The van der Waals surface area contributed by atoms with Gasteiger partial charge in [-0.2, -0.15) is 9.40 Å². The Balaban J connectivity index is 0.00000243. The van der Waals surface area contributed by atoms with E-state index in [-0.39, 0.29) is 23.3 Å². The number of rotatable bonds is 6. The van der Waals surface area contributed by atoms with Crippen molar-refractivity contribution in [2.45, 2.75) is 17.5 Å². The summed E-state index contributed by atoms with van der Waals surface area (Å²) in [7, 11) is -2.08.